The summed E-state index contributed by atoms with van der Waals surface area (Å²) in [7, 11) is -3.97. The number of hydrogen-bond donors (Lipinski definition) is 3. The predicted octanol–water partition coefficient (Wildman–Crippen LogP) is 3.19. The van der Waals surface area contributed by atoms with Gasteiger partial charge < -0.3 is 10.6 Å². The van der Waals surface area contributed by atoms with Crippen LogP contribution in [0.25, 0.3) is 10.4 Å². The monoisotopic (exact) mass is 597 g/mol. The maximum Gasteiger partial charge on any atom is 0.399 e. The second kappa shape index (κ2) is 10.7. The van der Waals surface area contributed by atoms with Gasteiger partial charge in [-0.3, -0.25) is 20.1 Å². The molecule has 11 nitrogen and oxygen atoms in total. The van der Waals surface area contributed by atoms with Gasteiger partial charge in [0.05, 0.1) is 16.3 Å². The molecular weight excluding hydrogens is 571 g/mol. The molecule has 4 N–H and O–H groups in total. The van der Waals surface area contributed by atoms with Gasteiger partial charge in [0.25, 0.3) is 0 Å². The van der Waals surface area contributed by atoms with Gasteiger partial charge in [-0.1, -0.05) is 11.3 Å². The maximum absolute atomic E-state index is 13.5. The van der Waals surface area contributed by atoms with Crippen LogP contribution in [0.3, 0.4) is 0 Å². The Balaban J connectivity index is 1.52. The highest BCUT2D eigenvalue weighted by molar-refractivity contribution is 7.89. The first kappa shape index (κ1) is 29.4. The van der Waals surface area contributed by atoms with E-state index in [1.807, 2.05) is 0 Å². The van der Waals surface area contributed by atoms with E-state index in [0.29, 0.717) is 16.1 Å². The number of anilines is 1. The van der Waals surface area contributed by atoms with Gasteiger partial charge in [-0.15, -0.1) is 0 Å². The predicted molar refractivity (Wildman–Crippen MR) is 141 cm³/mol. The van der Waals surface area contributed by atoms with E-state index in [-0.39, 0.29) is 28.7 Å². The molecule has 1 aliphatic heterocycles. The largest absolute Gasteiger partial charge is 0.399 e. The van der Waals surface area contributed by atoms with Gasteiger partial charge in [-0.05, 0) is 57.0 Å². The fourth-order valence-corrected chi connectivity index (χ4v) is 6.30. The number of carbonyl (C=O) groups excluding carboxylic acids is 2. The topological polar surface area (TPSA) is 160 Å². The molecule has 0 radical (unpaired) electrons. The fourth-order valence-electron chi connectivity index (χ4n) is 4.15. The summed E-state index contributed by atoms with van der Waals surface area (Å²) in [5.41, 5.74) is 4.04. The minimum absolute atomic E-state index is 0.0425. The van der Waals surface area contributed by atoms with E-state index in [1.54, 1.807) is 13.0 Å². The van der Waals surface area contributed by atoms with Gasteiger partial charge in [0.1, 0.15) is 16.4 Å². The number of aromatic nitrogens is 3. The Morgan fingerprint density at radius 2 is 1.93 bits per heavy atom. The van der Waals surface area contributed by atoms with Crippen LogP contribution in [0.4, 0.5) is 23.1 Å². The van der Waals surface area contributed by atoms with Crippen molar-refractivity contribution in [3.8, 4) is 10.4 Å². The number of halogens is 3. The Kier molecular flexibility index (Phi) is 7.88. The Hall–Kier alpha value is -3.63. The summed E-state index contributed by atoms with van der Waals surface area (Å²) in [5, 5.41) is 2.72. The summed E-state index contributed by atoms with van der Waals surface area (Å²) in [4.78, 5) is 38.8. The van der Waals surface area contributed by atoms with Gasteiger partial charge >= 0.3 is 12.2 Å². The number of alkyl halides is 3. The summed E-state index contributed by atoms with van der Waals surface area (Å²) in [6.45, 7) is 3.58. The van der Waals surface area contributed by atoms with Gasteiger partial charge in [0, 0.05) is 31.2 Å². The molecule has 1 saturated heterocycles. The molecule has 16 heteroatoms. The zero-order valence-electron chi connectivity index (χ0n) is 21.6. The second-order valence-corrected chi connectivity index (χ2v) is 12.4. The van der Waals surface area contributed by atoms with Crippen LogP contribution < -0.4 is 15.8 Å². The SMILES string of the molecule is Cc1nc(NC(=O)N2C[C@H](NS(=O)(=O)c3cccnc3)C[C@H]2C(N)=O)sc1-c1ccnc(C(C)(C)C(F)(F)F)c1. The summed E-state index contributed by atoms with van der Waals surface area (Å²) in [6, 6.07) is 3.08. The Bertz CT molecular complexity index is 1530. The second-order valence-electron chi connectivity index (χ2n) is 9.73. The van der Waals surface area contributed by atoms with Gasteiger partial charge in [0.2, 0.25) is 15.9 Å². The van der Waals surface area contributed by atoms with E-state index < -0.39 is 45.6 Å². The van der Waals surface area contributed by atoms with E-state index >= 15 is 0 Å². The quantitative estimate of drug-likeness (QED) is 0.377. The average molecular weight is 598 g/mol. The minimum Gasteiger partial charge on any atom is -0.368 e. The number of hydrogen-bond acceptors (Lipinski definition) is 8. The molecule has 0 aromatic carbocycles. The average Bonchev–Trinajstić information content (AvgIpc) is 3.47. The lowest BCUT2D eigenvalue weighted by Gasteiger charge is -2.27. The number of nitrogens with one attached hydrogen (secondary N) is 2. The number of likely N-dealkylation sites (tertiary alicyclic amines) is 1. The number of primary amides is 1. The molecule has 3 aromatic heterocycles. The first-order chi connectivity index (χ1) is 18.6. The summed E-state index contributed by atoms with van der Waals surface area (Å²) in [5.74, 6) is -0.814. The van der Waals surface area contributed by atoms with Crippen molar-refractivity contribution in [1.29, 1.82) is 0 Å². The Morgan fingerprint density at radius 1 is 1.20 bits per heavy atom. The van der Waals surface area contributed by atoms with Crippen LogP contribution in [0, 0.1) is 6.92 Å². The van der Waals surface area contributed by atoms with E-state index in [1.165, 1.54) is 36.8 Å². The number of nitrogens with two attached hydrogens (primary N) is 1. The molecule has 0 spiro atoms. The first-order valence-corrected chi connectivity index (χ1v) is 14.2. The normalized spacial score (nSPS) is 18.1. The molecular formula is C24H26F3N7O4S2. The van der Waals surface area contributed by atoms with Crippen LogP contribution >= 0.6 is 11.3 Å². The molecule has 1 fully saturated rings. The zero-order valence-corrected chi connectivity index (χ0v) is 23.2. The number of amides is 3. The van der Waals surface area contributed by atoms with Crippen LogP contribution in [0.5, 0.6) is 0 Å². The van der Waals surface area contributed by atoms with E-state index in [4.69, 9.17) is 5.73 Å². The van der Waals surface area contributed by atoms with Crippen LogP contribution in [-0.4, -0.2) is 65.0 Å². The van der Waals surface area contributed by atoms with Gasteiger partial charge in [-0.2, -0.15) is 13.2 Å². The van der Waals surface area contributed by atoms with E-state index in [2.05, 4.69) is 25.0 Å². The fraction of sp³-hybridized carbons (Fsp3) is 0.375. The molecule has 0 saturated carbocycles. The molecule has 0 bridgehead atoms. The number of nitrogens with zero attached hydrogens (tertiary/aromatic N) is 4. The minimum atomic E-state index is -4.52. The van der Waals surface area contributed by atoms with Crippen molar-refractivity contribution >= 4 is 38.4 Å². The van der Waals surface area contributed by atoms with Crippen LogP contribution in [-0.2, 0) is 20.2 Å². The number of sulfonamides is 1. The molecule has 1 aliphatic rings. The van der Waals surface area contributed by atoms with Crippen molar-refractivity contribution in [2.45, 2.75) is 55.8 Å². The molecule has 0 unspecified atom stereocenters. The highest BCUT2D eigenvalue weighted by Crippen LogP contribution is 2.41. The van der Waals surface area contributed by atoms with Crippen molar-refractivity contribution in [2.75, 3.05) is 11.9 Å². The number of carbonyl (C=O) groups is 2. The summed E-state index contributed by atoms with van der Waals surface area (Å²) in [6.07, 6.45) is -0.682. The van der Waals surface area contributed by atoms with Crippen LogP contribution in [0.1, 0.15) is 31.7 Å². The molecule has 3 aromatic rings. The lowest BCUT2D eigenvalue weighted by molar-refractivity contribution is -0.181. The molecule has 3 amide bonds. The maximum atomic E-state index is 13.5. The number of pyridine rings is 2. The van der Waals surface area contributed by atoms with Crippen molar-refractivity contribution in [1.82, 2.24) is 24.6 Å². The van der Waals surface area contributed by atoms with Gasteiger partial charge in [-0.25, -0.2) is 22.9 Å². The first-order valence-electron chi connectivity index (χ1n) is 11.9. The molecule has 214 valence electrons. The van der Waals surface area contributed by atoms with Crippen molar-refractivity contribution in [3.05, 3.63) is 54.2 Å². The number of thiazole rings is 1. The molecule has 4 heterocycles. The number of urea groups is 1. The molecule has 2 atom stereocenters. The molecule has 4 rings (SSSR count). The third kappa shape index (κ3) is 5.93. The third-order valence-corrected chi connectivity index (χ3v) is 9.17. The van der Waals surface area contributed by atoms with E-state index in [9.17, 15) is 31.2 Å². The van der Waals surface area contributed by atoms with Crippen molar-refractivity contribution in [3.63, 3.8) is 0 Å². The van der Waals surface area contributed by atoms with Crippen LogP contribution in [0.15, 0.2) is 47.8 Å². The van der Waals surface area contributed by atoms with Crippen molar-refractivity contribution in [2.24, 2.45) is 5.73 Å². The highest BCUT2D eigenvalue weighted by atomic mass is 32.2. The third-order valence-electron chi connectivity index (χ3n) is 6.54. The summed E-state index contributed by atoms with van der Waals surface area (Å²) < 4.78 is 68.5. The van der Waals surface area contributed by atoms with Gasteiger partial charge in [0.15, 0.2) is 5.13 Å². The van der Waals surface area contributed by atoms with Crippen LogP contribution in [0.2, 0.25) is 0 Å². The zero-order chi connectivity index (χ0) is 29.5. The Morgan fingerprint density at radius 3 is 2.55 bits per heavy atom. The Labute approximate surface area is 232 Å². The molecule has 0 aliphatic carbocycles. The van der Waals surface area contributed by atoms with E-state index in [0.717, 1.165) is 30.1 Å². The summed E-state index contributed by atoms with van der Waals surface area (Å²) >= 11 is 1.03. The highest BCUT2D eigenvalue weighted by Gasteiger charge is 2.49. The number of rotatable bonds is 7. The molecule has 40 heavy (non-hydrogen) atoms. The lowest BCUT2D eigenvalue weighted by Crippen LogP contribution is -2.46. The smallest absolute Gasteiger partial charge is 0.368 e. The standard InChI is InChI=1S/C24H26F3N7O4S2/c1-13-19(14-6-8-30-18(9-14)23(2,3)24(25,26)27)39-21(31-13)32-22(36)34-12-15(10-17(34)20(28)35)33-40(37,38)16-5-4-7-29-11-16/h4-9,11,15,17,33H,10,12H2,1-3H3,(H2,28,35)(H,31,32,36)/t15-,17+/m1/s1. The van der Waals surface area contributed by atoms with Crippen molar-refractivity contribution < 1.29 is 31.2 Å². The number of aryl methyl sites for hydroxylation is 1. The lowest BCUT2D eigenvalue weighted by atomic mass is 9.87.